The number of anilines is 2. The summed E-state index contributed by atoms with van der Waals surface area (Å²) >= 11 is 0. The molecule has 0 atom stereocenters. The van der Waals surface area contributed by atoms with E-state index >= 15 is 0 Å². The second kappa shape index (κ2) is 6.79. The van der Waals surface area contributed by atoms with Crippen LogP contribution in [-0.4, -0.2) is 9.78 Å². The Balaban J connectivity index is 2.35. The second-order valence-electron chi connectivity index (χ2n) is 4.25. The third-order valence-corrected chi connectivity index (χ3v) is 2.86. The van der Waals surface area contributed by atoms with Gasteiger partial charge in [0.05, 0.1) is 0 Å². The normalized spacial score (nSPS) is 10.4. The molecule has 0 saturated heterocycles. The monoisotopic (exact) mass is 235 g/mol. The van der Waals surface area contributed by atoms with E-state index in [2.05, 4.69) is 12.0 Å². The van der Waals surface area contributed by atoms with Gasteiger partial charge in [-0.15, -0.1) is 0 Å². The van der Waals surface area contributed by atoms with Gasteiger partial charge in [-0.3, -0.25) is 0 Å². The molecule has 1 heterocycles. The first-order chi connectivity index (χ1) is 8.20. The predicted molar refractivity (Wildman–Crippen MR) is 69.1 cm³/mol. The van der Waals surface area contributed by atoms with Crippen LogP contribution in [0.15, 0.2) is 0 Å². The average molecular weight is 235 g/mol. The van der Waals surface area contributed by atoms with Crippen LogP contribution in [0.25, 0.3) is 0 Å². The number of aryl methyl sites for hydroxylation is 1. The van der Waals surface area contributed by atoms with Gasteiger partial charge >= 0.3 is 0 Å². The number of nitrogens with two attached hydrogens (primary N) is 2. The van der Waals surface area contributed by atoms with Gasteiger partial charge in [0.15, 0.2) is 5.69 Å². The van der Waals surface area contributed by atoms with Crippen molar-refractivity contribution in [3.05, 3.63) is 5.69 Å². The summed E-state index contributed by atoms with van der Waals surface area (Å²) in [6.07, 6.45) is 7.29. The Morgan fingerprint density at radius 1 is 1.18 bits per heavy atom. The van der Waals surface area contributed by atoms with Crippen LogP contribution in [0.3, 0.4) is 0 Å². The molecule has 0 saturated carbocycles. The Morgan fingerprint density at radius 2 is 1.82 bits per heavy atom. The Hall–Kier alpha value is -1.70. The SMILES string of the molecule is CCCCCCCCn1nc(C#N)c(N)c1N. The number of aromatic nitrogens is 2. The van der Waals surface area contributed by atoms with Gasteiger partial charge < -0.3 is 11.5 Å². The molecule has 5 nitrogen and oxygen atoms in total. The first kappa shape index (κ1) is 13.4. The van der Waals surface area contributed by atoms with Crippen LogP contribution < -0.4 is 11.5 Å². The maximum absolute atomic E-state index is 8.76. The highest BCUT2D eigenvalue weighted by atomic mass is 15.3. The number of nitrogens with zero attached hydrogens (tertiary/aromatic N) is 3. The summed E-state index contributed by atoms with van der Waals surface area (Å²) in [6, 6.07) is 1.94. The lowest BCUT2D eigenvalue weighted by Gasteiger charge is -2.03. The highest BCUT2D eigenvalue weighted by Gasteiger charge is 2.11. The maximum Gasteiger partial charge on any atom is 0.187 e. The van der Waals surface area contributed by atoms with E-state index in [-0.39, 0.29) is 5.69 Å². The summed E-state index contributed by atoms with van der Waals surface area (Å²) in [6.45, 7) is 2.94. The fraction of sp³-hybridized carbons (Fsp3) is 0.667. The van der Waals surface area contributed by atoms with Crippen molar-refractivity contribution in [1.29, 1.82) is 5.26 Å². The van der Waals surface area contributed by atoms with Gasteiger partial charge in [-0.05, 0) is 6.42 Å². The van der Waals surface area contributed by atoms with Gasteiger partial charge in [0.25, 0.3) is 0 Å². The number of nitriles is 1. The third kappa shape index (κ3) is 3.66. The molecular weight excluding hydrogens is 214 g/mol. The number of rotatable bonds is 7. The van der Waals surface area contributed by atoms with E-state index in [4.69, 9.17) is 16.7 Å². The smallest absolute Gasteiger partial charge is 0.187 e. The average Bonchev–Trinajstić information content (AvgIpc) is 2.61. The highest BCUT2D eigenvalue weighted by Crippen LogP contribution is 2.19. The molecule has 94 valence electrons. The summed E-state index contributed by atoms with van der Waals surface area (Å²) in [5, 5.41) is 12.8. The molecule has 0 aliphatic rings. The molecule has 1 rings (SSSR count). The molecule has 1 aromatic rings. The van der Waals surface area contributed by atoms with Crippen molar-refractivity contribution in [2.24, 2.45) is 0 Å². The molecule has 0 aromatic carbocycles. The lowest BCUT2D eigenvalue weighted by atomic mass is 10.1. The standard InChI is InChI=1S/C12H21N5/c1-2-3-4-5-6-7-8-17-12(15)11(14)10(9-13)16-17/h2-8,14-15H2,1H3. The molecule has 0 aliphatic heterocycles. The van der Waals surface area contributed by atoms with Crippen LogP contribution in [0.5, 0.6) is 0 Å². The largest absolute Gasteiger partial charge is 0.393 e. The summed E-state index contributed by atoms with van der Waals surface area (Å²) in [4.78, 5) is 0. The molecule has 5 heteroatoms. The molecule has 0 spiro atoms. The number of hydrogen-bond acceptors (Lipinski definition) is 4. The lowest BCUT2D eigenvalue weighted by molar-refractivity contribution is 0.531. The second-order valence-corrected chi connectivity index (χ2v) is 4.25. The van der Waals surface area contributed by atoms with Crippen LogP contribution in [0.2, 0.25) is 0 Å². The van der Waals surface area contributed by atoms with Crippen LogP contribution in [0.1, 0.15) is 51.1 Å². The van der Waals surface area contributed by atoms with E-state index in [1.54, 1.807) is 4.68 Å². The Morgan fingerprint density at radius 3 is 2.41 bits per heavy atom. The van der Waals surface area contributed by atoms with Crippen molar-refractivity contribution in [2.45, 2.75) is 52.0 Å². The molecule has 4 N–H and O–H groups in total. The summed E-state index contributed by atoms with van der Waals surface area (Å²) in [7, 11) is 0. The zero-order chi connectivity index (χ0) is 12.7. The summed E-state index contributed by atoms with van der Waals surface area (Å²) in [5.41, 5.74) is 12.0. The van der Waals surface area contributed by atoms with Gasteiger partial charge in [-0.2, -0.15) is 10.4 Å². The summed E-state index contributed by atoms with van der Waals surface area (Å²) in [5.74, 6) is 0.412. The predicted octanol–water partition coefficient (Wildman–Crippen LogP) is 2.28. The van der Waals surface area contributed by atoms with Gasteiger partial charge in [-0.25, -0.2) is 4.68 Å². The fourth-order valence-electron chi connectivity index (χ4n) is 1.78. The van der Waals surface area contributed by atoms with Gasteiger partial charge in [-0.1, -0.05) is 39.0 Å². The fourth-order valence-corrected chi connectivity index (χ4v) is 1.78. The van der Waals surface area contributed by atoms with E-state index < -0.39 is 0 Å². The molecule has 1 aromatic heterocycles. The molecule has 0 unspecified atom stereocenters. The topological polar surface area (TPSA) is 93.6 Å². The van der Waals surface area contributed by atoms with Crippen molar-refractivity contribution < 1.29 is 0 Å². The van der Waals surface area contributed by atoms with Crippen LogP contribution in [0, 0.1) is 11.3 Å². The zero-order valence-corrected chi connectivity index (χ0v) is 10.4. The molecular formula is C12H21N5. The minimum absolute atomic E-state index is 0.230. The van der Waals surface area contributed by atoms with Gasteiger partial charge in [0.2, 0.25) is 0 Å². The van der Waals surface area contributed by atoms with Crippen molar-refractivity contribution in [1.82, 2.24) is 9.78 Å². The molecule has 0 fully saturated rings. The molecule has 0 amide bonds. The van der Waals surface area contributed by atoms with Crippen molar-refractivity contribution in [3.63, 3.8) is 0 Å². The first-order valence-corrected chi connectivity index (χ1v) is 6.22. The van der Waals surface area contributed by atoms with Gasteiger partial charge in [0.1, 0.15) is 17.6 Å². The van der Waals surface area contributed by atoms with Crippen molar-refractivity contribution in [2.75, 3.05) is 11.5 Å². The zero-order valence-electron chi connectivity index (χ0n) is 10.4. The quantitative estimate of drug-likeness (QED) is 0.709. The number of unbranched alkanes of at least 4 members (excludes halogenated alkanes) is 5. The van der Waals surface area contributed by atoms with E-state index in [0.29, 0.717) is 11.5 Å². The van der Waals surface area contributed by atoms with Gasteiger partial charge in [0, 0.05) is 6.54 Å². The van der Waals surface area contributed by atoms with Crippen molar-refractivity contribution >= 4 is 11.5 Å². The summed E-state index contributed by atoms with van der Waals surface area (Å²) < 4.78 is 1.63. The molecule has 0 radical (unpaired) electrons. The van der Waals surface area contributed by atoms with Crippen LogP contribution >= 0.6 is 0 Å². The third-order valence-electron chi connectivity index (χ3n) is 2.86. The highest BCUT2D eigenvalue weighted by molar-refractivity contribution is 5.65. The Bertz CT molecular complexity index is 388. The first-order valence-electron chi connectivity index (χ1n) is 6.22. The van der Waals surface area contributed by atoms with E-state index in [1.165, 1.54) is 32.1 Å². The Labute approximate surface area is 102 Å². The van der Waals surface area contributed by atoms with E-state index in [0.717, 1.165) is 13.0 Å². The van der Waals surface area contributed by atoms with Crippen LogP contribution in [0.4, 0.5) is 11.5 Å². The number of nitrogen functional groups attached to an aromatic ring is 2. The Kier molecular flexibility index (Phi) is 5.34. The molecule has 0 bridgehead atoms. The van der Waals surface area contributed by atoms with E-state index in [1.807, 2.05) is 6.07 Å². The molecule has 17 heavy (non-hydrogen) atoms. The lowest BCUT2D eigenvalue weighted by Crippen LogP contribution is -2.05. The number of hydrogen-bond donors (Lipinski definition) is 2. The van der Waals surface area contributed by atoms with Crippen LogP contribution in [-0.2, 0) is 6.54 Å². The minimum atomic E-state index is 0.230. The maximum atomic E-state index is 8.76. The van der Waals surface area contributed by atoms with Crippen molar-refractivity contribution in [3.8, 4) is 6.07 Å². The molecule has 0 aliphatic carbocycles. The minimum Gasteiger partial charge on any atom is -0.393 e. The van der Waals surface area contributed by atoms with E-state index in [9.17, 15) is 0 Å².